The van der Waals surface area contributed by atoms with Gasteiger partial charge in [0.05, 0.1) is 12.1 Å². The normalized spacial score (nSPS) is 28.3. The van der Waals surface area contributed by atoms with Crippen molar-refractivity contribution in [2.45, 2.75) is 12.0 Å². The van der Waals surface area contributed by atoms with Crippen LogP contribution < -0.4 is 10.2 Å². The topological polar surface area (TPSA) is 35.6 Å². The van der Waals surface area contributed by atoms with E-state index in [-0.39, 0.29) is 17.3 Å². The van der Waals surface area contributed by atoms with Crippen molar-refractivity contribution in [2.75, 3.05) is 38.1 Å². The molecule has 0 bridgehead atoms. The van der Waals surface area contributed by atoms with Crippen LogP contribution >= 0.6 is 0 Å². The molecule has 2 heterocycles. The van der Waals surface area contributed by atoms with E-state index in [1.54, 1.807) is 17.0 Å². The molecule has 3 rings (SSSR count). The van der Waals surface area contributed by atoms with E-state index in [2.05, 4.69) is 10.2 Å². The highest BCUT2D eigenvalue weighted by atomic mass is 19.1. The largest absolute Gasteiger partial charge is 0.315 e. The first-order valence-corrected chi connectivity index (χ1v) is 6.59. The molecule has 1 aromatic rings. The number of nitrogens with zero attached hydrogens (tertiary/aromatic N) is 2. The van der Waals surface area contributed by atoms with Crippen LogP contribution in [0.25, 0.3) is 0 Å². The van der Waals surface area contributed by atoms with Crippen LogP contribution in [0.1, 0.15) is 6.42 Å². The van der Waals surface area contributed by atoms with E-state index < -0.39 is 0 Å². The molecule has 2 fully saturated rings. The van der Waals surface area contributed by atoms with Crippen LogP contribution in [0.15, 0.2) is 24.3 Å². The quantitative estimate of drug-likeness (QED) is 0.815. The highest BCUT2D eigenvalue weighted by Gasteiger charge is 2.45. The minimum atomic E-state index is -0.303. The van der Waals surface area contributed by atoms with Crippen LogP contribution in [0.3, 0.4) is 0 Å². The fourth-order valence-electron chi connectivity index (χ4n) is 3.03. The van der Waals surface area contributed by atoms with Gasteiger partial charge >= 0.3 is 0 Å². The Labute approximate surface area is 112 Å². The maximum Gasteiger partial charge on any atom is 0.241 e. The molecular weight excluding hydrogens is 245 g/mol. The van der Waals surface area contributed by atoms with E-state index in [1.165, 1.54) is 12.1 Å². The Morgan fingerprint density at radius 1 is 1.42 bits per heavy atom. The van der Waals surface area contributed by atoms with Crippen LogP contribution in [0.5, 0.6) is 0 Å². The summed E-state index contributed by atoms with van der Waals surface area (Å²) in [6, 6.07) is 6.27. The number of nitrogens with one attached hydrogen (secondary N) is 1. The SMILES string of the molecule is CN1CC(=O)N(c2cccc(F)c2)CC12CCNC2. The third-order valence-corrected chi connectivity index (χ3v) is 4.28. The van der Waals surface area contributed by atoms with Gasteiger partial charge in [-0.1, -0.05) is 6.07 Å². The van der Waals surface area contributed by atoms with Crippen molar-refractivity contribution in [3.63, 3.8) is 0 Å². The molecule has 0 aromatic heterocycles. The van der Waals surface area contributed by atoms with E-state index in [0.717, 1.165) is 19.5 Å². The van der Waals surface area contributed by atoms with Gasteiger partial charge < -0.3 is 10.2 Å². The second kappa shape index (κ2) is 4.58. The summed E-state index contributed by atoms with van der Waals surface area (Å²) in [7, 11) is 1.99. The Morgan fingerprint density at radius 2 is 2.26 bits per heavy atom. The van der Waals surface area contributed by atoms with Crippen LogP contribution in [-0.2, 0) is 4.79 Å². The maximum absolute atomic E-state index is 13.3. The van der Waals surface area contributed by atoms with Gasteiger partial charge in [0.1, 0.15) is 5.82 Å². The molecule has 2 aliphatic heterocycles. The molecule has 1 aromatic carbocycles. The van der Waals surface area contributed by atoms with E-state index in [4.69, 9.17) is 0 Å². The van der Waals surface area contributed by atoms with Crippen LogP contribution in [0.2, 0.25) is 0 Å². The highest BCUT2D eigenvalue weighted by molar-refractivity contribution is 5.96. The molecule has 0 radical (unpaired) electrons. The zero-order valence-corrected chi connectivity index (χ0v) is 11.0. The molecule has 2 saturated heterocycles. The predicted molar refractivity (Wildman–Crippen MR) is 71.6 cm³/mol. The monoisotopic (exact) mass is 263 g/mol. The van der Waals surface area contributed by atoms with Crippen molar-refractivity contribution >= 4 is 11.6 Å². The summed E-state index contributed by atoms with van der Waals surface area (Å²) in [6.45, 7) is 2.86. The Kier molecular flexibility index (Phi) is 3.03. The van der Waals surface area contributed by atoms with Crippen molar-refractivity contribution in [2.24, 2.45) is 0 Å². The maximum atomic E-state index is 13.3. The smallest absolute Gasteiger partial charge is 0.241 e. The molecule has 5 heteroatoms. The van der Waals surface area contributed by atoms with E-state index in [9.17, 15) is 9.18 Å². The molecule has 4 nitrogen and oxygen atoms in total. The molecule has 1 amide bonds. The summed E-state index contributed by atoms with van der Waals surface area (Å²) in [5.74, 6) is -0.270. The summed E-state index contributed by atoms with van der Waals surface area (Å²) < 4.78 is 13.3. The Bertz CT molecular complexity index is 499. The molecule has 19 heavy (non-hydrogen) atoms. The van der Waals surface area contributed by atoms with Gasteiger partial charge in [0.25, 0.3) is 0 Å². The lowest BCUT2D eigenvalue weighted by Gasteiger charge is -2.46. The number of amides is 1. The number of rotatable bonds is 1. The number of likely N-dealkylation sites (N-methyl/N-ethyl adjacent to an activating group) is 1. The number of halogens is 1. The standard InChI is InChI=1S/C14H18FN3O/c1-17-8-13(19)18(10-14(17)5-6-16-9-14)12-4-2-3-11(15)7-12/h2-4,7,16H,5-6,8-10H2,1H3. The van der Waals surface area contributed by atoms with Gasteiger partial charge in [0, 0.05) is 18.8 Å². The summed E-state index contributed by atoms with van der Waals surface area (Å²) in [4.78, 5) is 16.0. The Balaban J connectivity index is 1.91. The van der Waals surface area contributed by atoms with Crippen LogP contribution in [0, 0.1) is 5.82 Å². The Morgan fingerprint density at radius 3 is 2.95 bits per heavy atom. The third kappa shape index (κ3) is 2.13. The number of carbonyl (C=O) groups excluding carboxylic acids is 1. The molecule has 0 aliphatic carbocycles. The van der Waals surface area contributed by atoms with E-state index >= 15 is 0 Å². The predicted octanol–water partition coefficient (Wildman–Crippen LogP) is 0.836. The van der Waals surface area contributed by atoms with Gasteiger partial charge in [-0.3, -0.25) is 9.69 Å². The lowest BCUT2D eigenvalue weighted by molar-refractivity contribution is -0.123. The van der Waals surface area contributed by atoms with Gasteiger partial charge in [-0.15, -0.1) is 0 Å². The van der Waals surface area contributed by atoms with Gasteiger partial charge in [-0.05, 0) is 38.2 Å². The van der Waals surface area contributed by atoms with Crippen molar-refractivity contribution < 1.29 is 9.18 Å². The number of piperazine rings is 1. The summed E-state index contributed by atoms with van der Waals surface area (Å²) >= 11 is 0. The third-order valence-electron chi connectivity index (χ3n) is 4.28. The lowest BCUT2D eigenvalue weighted by Crippen LogP contribution is -2.64. The number of hydrogen-bond acceptors (Lipinski definition) is 3. The molecule has 1 atom stereocenters. The highest BCUT2D eigenvalue weighted by Crippen LogP contribution is 2.30. The molecule has 1 spiro atoms. The van der Waals surface area contributed by atoms with Gasteiger partial charge in [0.2, 0.25) is 5.91 Å². The lowest BCUT2D eigenvalue weighted by atomic mass is 9.92. The fraction of sp³-hybridized carbons (Fsp3) is 0.500. The number of benzene rings is 1. The number of carbonyl (C=O) groups is 1. The minimum absolute atomic E-state index is 0.0137. The molecule has 0 saturated carbocycles. The van der Waals surface area contributed by atoms with E-state index in [0.29, 0.717) is 18.8 Å². The summed E-state index contributed by atoms with van der Waals surface area (Å²) in [6.07, 6.45) is 1.02. The molecule has 1 N–H and O–H groups in total. The first kappa shape index (κ1) is 12.6. The van der Waals surface area contributed by atoms with Gasteiger partial charge in [0.15, 0.2) is 0 Å². The van der Waals surface area contributed by atoms with Crippen molar-refractivity contribution in [3.8, 4) is 0 Å². The average molecular weight is 263 g/mol. The first-order chi connectivity index (χ1) is 9.11. The molecular formula is C14H18FN3O. The van der Waals surface area contributed by atoms with Gasteiger partial charge in [-0.25, -0.2) is 4.39 Å². The second-order valence-electron chi connectivity index (χ2n) is 5.47. The first-order valence-electron chi connectivity index (χ1n) is 6.59. The Hall–Kier alpha value is -1.46. The zero-order chi connectivity index (χ0) is 13.5. The summed E-state index contributed by atoms with van der Waals surface area (Å²) in [5.41, 5.74) is 0.643. The fourth-order valence-corrected chi connectivity index (χ4v) is 3.03. The second-order valence-corrected chi connectivity index (χ2v) is 5.47. The summed E-state index contributed by atoms with van der Waals surface area (Å²) in [5, 5.41) is 3.36. The van der Waals surface area contributed by atoms with E-state index in [1.807, 2.05) is 7.05 Å². The van der Waals surface area contributed by atoms with Crippen molar-refractivity contribution in [1.29, 1.82) is 0 Å². The number of anilines is 1. The average Bonchev–Trinajstić information content (AvgIpc) is 2.84. The van der Waals surface area contributed by atoms with Crippen molar-refractivity contribution in [3.05, 3.63) is 30.1 Å². The van der Waals surface area contributed by atoms with Crippen LogP contribution in [0.4, 0.5) is 10.1 Å². The molecule has 2 aliphatic rings. The van der Waals surface area contributed by atoms with Crippen molar-refractivity contribution in [1.82, 2.24) is 10.2 Å². The minimum Gasteiger partial charge on any atom is -0.315 e. The molecule has 1 unspecified atom stereocenters. The van der Waals surface area contributed by atoms with Gasteiger partial charge in [-0.2, -0.15) is 0 Å². The zero-order valence-electron chi connectivity index (χ0n) is 11.0. The number of hydrogen-bond donors (Lipinski definition) is 1. The molecule has 102 valence electrons. The van der Waals surface area contributed by atoms with Crippen LogP contribution in [-0.4, -0.2) is 49.6 Å².